The smallest absolute Gasteiger partial charge is 0.323 e. The summed E-state index contributed by atoms with van der Waals surface area (Å²) in [5, 5.41) is 21.6. The highest BCUT2D eigenvalue weighted by molar-refractivity contribution is 5.78. The van der Waals surface area contributed by atoms with E-state index >= 15 is 0 Å². The number of nitrogens with one attached hydrogen (secondary N) is 1. The fraction of sp³-hybridized carbons (Fsp3) is 0.562. The first-order chi connectivity index (χ1) is 9.89. The van der Waals surface area contributed by atoms with Crippen LogP contribution in [-0.2, 0) is 11.4 Å². The van der Waals surface area contributed by atoms with Crippen molar-refractivity contribution in [3.63, 3.8) is 0 Å². The molecule has 0 aliphatic carbocycles. The van der Waals surface area contributed by atoms with Gasteiger partial charge in [0.25, 0.3) is 0 Å². The minimum atomic E-state index is -0.950. The van der Waals surface area contributed by atoms with Gasteiger partial charge >= 0.3 is 5.97 Å². The molecule has 5 heteroatoms. The lowest BCUT2D eigenvalue weighted by Crippen LogP contribution is -2.52. The van der Waals surface area contributed by atoms with E-state index in [4.69, 9.17) is 4.74 Å². The number of aliphatic carboxylic acids is 1. The van der Waals surface area contributed by atoms with Crippen LogP contribution in [0, 0.1) is 0 Å². The van der Waals surface area contributed by atoms with Crippen LogP contribution in [0.4, 0.5) is 0 Å². The van der Waals surface area contributed by atoms with Gasteiger partial charge in [-0.1, -0.05) is 18.2 Å². The number of rotatable bonds is 9. The molecule has 0 amide bonds. The van der Waals surface area contributed by atoms with Gasteiger partial charge in [0.15, 0.2) is 0 Å². The minimum Gasteiger partial charge on any atom is -0.493 e. The number of para-hydroxylation sites is 1. The summed E-state index contributed by atoms with van der Waals surface area (Å²) in [6, 6.07) is 7.38. The maximum absolute atomic E-state index is 11.4. The quantitative estimate of drug-likeness (QED) is 0.609. The summed E-state index contributed by atoms with van der Waals surface area (Å²) in [6.45, 7) is 5.89. The van der Waals surface area contributed by atoms with Crippen LogP contribution >= 0.6 is 0 Å². The summed E-state index contributed by atoms with van der Waals surface area (Å²) in [7, 11) is 0. The number of carboxylic acids is 1. The average Bonchev–Trinajstić information content (AvgIpc) is 2.43. The Morgan fingerprint density at radius 2 is 2.05 bits per heavy atom. The summed E-state index contributed by atoms with van der Waals surface area (Å²) < 4.78 is 5.63. The third-order valence-corrected chi connectivity index (χ3v) is 3.30. The van der Waals surface area contributed by atoms with Crippen molar-refractivity contribution in [3.05, 3.63) is 29.8 Å². The van der Waals surface area contributed by atoms with Gasteiger partial charge in [-0.05, 0) is 39.7 Å². The van der Waals surface area contributed by atoms with Crippen LogP contribution in [0.2, 0.25) is 0 Å². The Kier molecular flexibility index (Phi) is 6.65. The van der Waals surface area contributed by atoms with Crippen LogP contribution in [0.3, 0.4) is 0 Å². The lowest BCUT2D eigenvalue weighted by Gasteiger charge is -2.28. The highest BCUT2D eigenvalue weighted by atomic mass is 16.5. The molecule has 0 radical (unpaired) electrons. The van der Waals surface area contributed by atoms with Gasteiger partial charge in [0.05, 0.1) is 13.2 Å². The first kappa shape index (κ1) is 17.5. The number of hydrogen-bond acceptors (Lipinski definition) is 4. The first-order valence-corrected chi connectivity index (χ1v) is 7.21. The number of ether oxygens (including phenoxy) is 1. The second kappa shape index (κ2) is 8.00. The molecular formula is C16H25NO4. The van der Waals surface area contributed by atoms with E-state index < -0.39 is 11.5 Å². The van der Waals surface area contributed by atoms with E-state index in [9.17, 15) is 15.0 Å². The van der Waals surface area contributed by atoms with Gasteiger partial charge in [0, 0.05) is 11.6 Å². The topological polar surface area (TPSA) is 78.8 Å². The molecule has 0 saturated heterocycles. The van der Waals surface area contributed by atoms with Crippen molar-refractivity contribution in [1.29, 1.82) is 0 Å². The molecule has 1 unspecified atom stereocenters. The molecular weight excluding hydrogens is 270 g/mol. The van der Waals surface area contributed by atoms with E-state index in [1.807, 2.05) is 26.0 Å². The number of benzene rings is 1. The number of carboxylic acid groups (broad SMARTS) is 1. The number of carbonyl (C=O) groups is 1. The van der Waals surface area contributed by atoms with Crippen molar-refractivity contribution >= 4 is 5.97 Å². The Morgan fingerprint density at radius 3 is 2.62 bits per heavy atom. The van der Waals surface area contributed by atoms with Gasteiger partial charge in [-0.15, -0.1) is 0 Å². The Bertz CT molecular complexity index is 461. The third-order valence-electron chi connectivity index (χ3n) is 3.30. The van der Waals surface area contributed by atoms with Crippen molar-refractivity contribution in [2.45, 2.75) is 51.8 Å². The second-order valence-electron chi connectivity index (χ2n) is 5.65. The zero-order chi connectivity index (χ0) is 15.9. The third kappa shape index (κ3) is 5.36. The monoisotopic (exact) mass is 295 g/mol. The second-order valence-corrected chi connectivity index (χ2v) is 5.65. The number of aliphatic hydroxyl groups excluding tert-OH is 1. The molecule has 1 aromatic carbocycles. The molecule has 0 bridgehead atoms. The van der Waals surface area contributed by atoms with E-state index in [1.165, 1.54) is 0 Å². The van der Waals surface area contributed by atoms with Gasteiger partial charge in [-0.2, -0.15) is 0 Å². The maximum Gasteiger partial charge on any atom is 0.323 e. The summed E-state index contributed by atoms with van der Waals surface area (Å²) in [5.74, 6) is -0.208. The summed E-state index contributed by atoms with van der Waals surface area (Å²) >= 11 is 0. The summed E-state index contributed by atoms with van der Waals surface area (Å²) in [6.07, 6.45) is 1.09. The Balaban J connectivity index is 2.50. The summed E-state index contributed by atoms with van der Waals surface area (Å²) in [4.78, 5) is 11.4. The van der Waals surface area contributed by atoms with E-state index in [2.05, 4.69) is 5.32 Å². The first-order valence-electron chi connectivity index (χ1n) is 7.21. The Labute approximate surface area is 125 Å². The van der Waals surface area contributed by atoms with Gasteiger partial charge in [0.2, 0.25) is 0 Å². The normalized spacial score (nSPS) is 14.0. The molecule has 0 aliphatic heterocycles. The molecule has 21 heavy (non-hydrogen) atoms. The number of aliphatic hydroxyl groups is 1. The van der Waals surface area contributed by atoms with Crippen molar-refractivity contribution < 1.29 is 19.7 Å². The number of hydrogen-bond donors (Lipinski definition) is 3. The van der Waals surface area contributed by atoms with Gasteiger partial charge < -0.3 is 14.9 Å². The fourth-order valence-electron chi connectivity index (χ4n) is 2.26. The Hall–Kier alpha value is -1.59. The van der Waals surface area contributed by atoms with Crippen LogP contribution in [0.15, 0.2) is 24.3 Å². The van der Waals surface area contributed by atoms with Gasteiger partial charge in [-0.25, -0.2) is 0 Å². The maximum atomic E-state index is 11.4. The molecule has 5 nitrogen and oxygen atoms in total. The zero-order valence-electron chi connectivity index (χ0n) is 12.9. The van der Waals surface area contributed by atoms with E-state index in [-0.39, 0.29) is 12.6 Å². The van der Waals surface area contributed by atoms with Gasteiger partial charge in [-0.3, -0.25) is 10.1 Å². The molecule has 0 aliphatic rings. The average molecular weight is 295 g/mol. The van der Waals surface area contributed by atoms with Crippen LogP contribution in [0.1, 0.15) is 39.2 Å². The van der Waals surface area contributed by atoms with Crippen molar-refractivity contribution in [1.82, 2.24) is 5.32 Å². The standard InChI is InChI=1S/C16H25NO4/c1-12(2)17-16(3,15(19)20)9-6-10-21-14-8-5-4-7-13(14)11-18/h4-5,7-8,12,17-18H,6,9-11H2,1-3H3,(H,19,20). The van der Waals surface area contributed by atoms with Crippen LogP contribution in [0.25, 0.3) is 0 Å². The predicted octanol–water partition coefficient (Wildman–Crippen LogP) is 2.18. The highest BCUT2D eigenvalue weighted by Crippen LogP contribution is 2.19. The van der Waals surface area contributed by atoms with Crippen LogP contribution in [-0.4, -0.2) is 34.4 Å². The molecule has 118 valence electrons. The SMILES string of the molecule is CC(C)NC(C)(CCCOc1ccccc1CO)C(=O)O. The molecule has 0 aromatic heterocycles. The summed E-state index contributed by atoms with van der Waals surface area (Å²) in [5.41, 5.74) is -0.215. The van der Waals surface area contributed by atoms with Crippen molar-refractivity contribution in [2.75, 3.05) is 6.61 Å². The van der Waals surface area contributed by atoms with Crippen molar-refractivity contribution in [2.24, 2.45) is 0 Å². The lowest BCUT2D eigenvalue weighted by molar-refractivity contribution is -0.144. The lowest BCUT2D eigenvalue weighted by atomic mass is 9.95. The molecule has 3 N–H and O–H groups in total. The van der Waals surface area contributed by atoms with E-state index in [0.29, 0.717) is 25.2 Å². The van der Waals surface area contributed by atoms with E-state index in [0.717, 1.165) is 5.56 Å². The zero-order valence-corrected chi connectivity index (χ0v) is 12.9. The van der Waals surface area contributed by atoms with Crippen LogP contribution < -0.4 is 10.1 Å². The largest absolute Gasteiger partial charge is 0.493 e. The molecule has 1 atom stereocenters. The highest BCUT2D eigenvalue weighted by Gasteiger charge is 2.32. The van der Waals surface area contributed by atoms with Gasteiger partial charge in [0.1, 0.15) is 11.3 Å². The van der Waals surface area contributed by atoms with Crippen molar-refractivity contribution in [3.8, 4) is 5.75 Å². The molecule has 0 heterocycles. The van der Waals surface area contributed by atoms with Crippen LogP contribution in [0.5, 0.6) is 5.75 Å². The molecule has 0 saturated carbocycles. The molecule has 1 aromatic rings. The van der Waals surface area contributed by atoms with E-state index in [1.54, 1.807) is 19.1 Å². The minimum absolute atomic E-state index is 0.0715. The molecule has 1 rings (SSSR count). The molecule has 0 spiro atoms. The fourth-order valence-corrected chi connectivity index (χ4v) is 2.26. The Morgan fingerprint density at radius 1 is 1.38 bits per heavy atom. The predicted molar refractivity (Wildman–Crippen MR) is 81.4 cm³/mol. The molecule has 0 fully saturated rings.